The zero-order chi connectivity index (χ0) is 15.4. The fourth-order valence-electron chi connectivity index (χ4n) is 1.71. The highest BCUT2D eigenvalue weighted by atomic mass is 32.2. The Hall–Kier alpha value is -2.15. The first-order valence-electron chi connectivity index (χ1n) is 6.18. The van der Waals surface area contributed by atoms with E-state index in [1.807, 2.05) is 0 Å². The summed E-state index contributed by atoms with van der Waals surface area (Å²) in [6, 6.07) is 5.90. The topological polar surface area (TPSA) is 63.7 Å². The van der Waals surface area contributed by atoms with Gasteiger partial charge >= 0.3 is 5.97 Å². The number of amides is 2. The van der Waals surface area contributed by atoms with Crippen LogP contribution in [0.4, 0.5) is 9.18 Å². The van der Waals surface area contributed by atoms with E-state index in [-0.39, 0.29) is 17.1 Å². The predicted molar refractivity (Wildman–Crippen MR) is 75.7 cm³/mol. The van der Waals surface area contributed by atoms with E-state index in [4.69, 9.17) is 4.74 Å². The van der Waals surface area contributed by atoms with Crippen molar-refractivity contribution in [3.8, 4) is 0 Å². The molecule has 0 radical (unpaired) electrons. The minimum Gasteiger partial charge on any atom is -0.465 e. The van der Waals surface area contributed by atoms with Gasteiger partial charge in [0.2, 0.25) is 0 Å². The van der Waals surface area contributed by atoms with Gasteiger partial charge in [0.05, 0.1) is 11.5 Å². The predicted octanol–water partition coefficient (Wildman–Crippen LogP) is 2.43. The van der Waals surface area contributed by atoms with Crippen LogP contribution in [0.1, 0.15) is 12.5 Å². The molecule has 0 N–H and O–H groups in total. The smallest absolute Gasteiger partial charge is 0.326 e. The highest BCUT2D eigenvalue weighted by Crippen LogP contribution is 2.32. The summed E-state index contributed by atoms with van der Waals surface area (Å²) in [7, 11) is 0. The minimum absolute atomic E-state index is 0.0781. The maximum absolute atomic E-state index is 13.5. The SMILES string of the molecule is CCOC(=O)CN1C(=O)SC(=Cc2ccccc2F)C1=O. The molecule has 0 aliphatic carbocycles. The van der Waals surface area contributed by atoms with Crippen LogP contribution in [0.2, 0.25) is 0 Å². The van der Waals surface area contributed by atoms with Gasteiger partial charge in [-0.15, -0.1) is 0 Å². The van der Waals surface area contributed by atoms with Crippen LogP contribution in [-0.4, -0.2) is 35.2 Å². The number of ether oxygens (including phenoxy) is 1. The second-order valence-corrected chi connectivity index (χ2v) is 5.09. The van der Waals surface area contributed by atoms with E-state index in [9.17, 15) is 18.8 Å². The van der Waals surface area contributed by atoms with Gasteiger partial charge in [0, 0.05) is 5.56 Å². The van der Waals surface area contributed by atoms with Gasteiger partial charge in [-0.3, -0.25) is 19.3 Å². The number of thioether (sulfide) groups is 1. The van der Waals surface area contributed by atoms with Gasteiger partial charge in [-0.2, -0.15) is 0 Å². The molecule has 21 heavy (non-hydrogen) atoms. The summed E-state index contributed by atoms with van der Waals surface area (Å²) >= 11 is 0.670. The molecule has 0 aromatic heterocycles. The molecule has 0 unspecified atom stereocenters. The monoisotopic (exact) mass is 309 g/mol. The van der Waals surface area contributed by atoms with Gasteiger partial charge in [0.25, 0.3) is 11.1 Å². The maximum atomic E-state index is 13.5. The van der Waals surface area contributed by atoms with Gasteiger partial charge in [0.15, 0.2) is 0 Å². The molecule has 1 saturated heterocycles. The number of hydrogen-bond donors (Lipinski definition) is 0. The van der Waals surface area contributed by atoms with Gasteiger partial charge < -0.3 is 4.74 Å². The van der Waals surface area contributed by atoms with E-state index < -0.39 is 29.5 Å². The Morgan fingerprint density at radius 2 is 2.10 bits per heavy atom. The normalized spacial score (nSPS) is 16.7. The second kappa shape index (κ2) is 6.53. The molecule has 1 aliphatic rings. The van der Waals surface area contributed by atoms with Crippen LogP contribution in [0.25, 0.3) is 6.08 Å². The number of nitrogens with zero attached hydrogens (tertiary/aromatic N) is 1. The molecular weight excluding hydrogens is 297 g/mol. The first-order valence-corrected chi connectivity index (χ1v) is 7.00. The van der Waals surface area contributed by atoms with Gasteiger partial charge in [-0.05, 0) is 30.8 Å². The standard InChI is InChI=1S/C14H12FNO4S/c1-2-20-12(17)8-16-13(18)11(21-14(16)19)7-9-5-3-4-6-10(9)15/h3-7H,2,8H2,1H3. The zero-order valence-corrected chi connectivity index (χ0v) is 12.0. The van der Waals surface area contributed by atoms with Crippen LogP contribution < -0.4 is 0 Å². The Balaban J connectivity index is 2.18. The molecule has 5 nitrogen and oxygen atoms in total. The first-order chi connectivity index (χ1) is 10.0. The number of carbonyl (C=O) groups excluding carboxylic acids is 3. The van der Waals surface area contributed by atoms with E-state index >= 15 is 0 Å². The van der Waals surface area contributed by atoms with Crippen molar-refractivity contribution in [2.45, 2.75) is 6.92 Å². The third-order valence-electron chi connectivity index (χ3n) is 2.66. The molecule has 1 aromatic rings. The van der Waals surface area contributed by atoms with Crippen LogP contribution in [0.15, 0.2) is 29.2 Å². The zero-order valence-electron chi connectivity index (χ0n) is 11.2. The summed E-state index contributed by atoms with van der Waals surface area (Å²) in [6.45, 7) is 1.36. The molecule has 0 spiro atoms. The van der Waals surface area contributed by atoms with Crippen molar-refractivity contribution in [3.63, 3.8) is 0 Å². The lowest BCUT2D eigenvalue weighted by Crippen LogP contribution is -2.34. The lowest BCUT2D eigenvalue weighted by atomic mass is 10.2. The number of hydrogen-bond acceptors (Lipinski definition) is 5. The molecule has 7 heteroatoms. The molecule has 0 atom stereocenters. The molecule has 0 bridgehead atoms. The Labute approximate surface area is 124 Å². The van der Waals surface area contributed by atoms with Crippen LogP contribution in [-0.2, 0) is 14.3 Å². The van der Waals surface area contributed by atoms with Crippen molar-refractivity contribution in [2.24, 2.45) is 0 Å². The molecule has 1 aliphatic heterocycles. The summed E-state index contributed by atoms with van der Waals surface area (Å²) in [6.07, 6.45) is 1.30. The third-order valence-corrected chi connectivity index (χ3v) is 3.57. The van der Waals surface area contributed by atoms with Crippen molar-refractivity contribution in [2.75, 3.05) is 13.2 Å². The van der Waals surface area contributed by atoms with E-state index in [0.29, 0.717) is 11.8 Å². The summed E-state index contributed by atoms with van der Waals surface area (Å²) < 4.78 is 18.2. The molecule has 1 fully saturated rings. The number of esters is 1. The van der Waals surface area contributed by atoms with Crippen molar-refractivity contribution < 1.29 is 23.5 Å². The van der Waals surface area contributed by atoms with E-state index in [0.717, 1.165) is 4.90 Å². The molecule has 2 amide bonds. The molecule has 1 heterocycles. The van der Waals surface area contributed by atoms with Crippen molar-refractivity contribution in [1.29, 1.82) is 0 Å². The summed E-state index contributed by atoms with van der Waals surface area (Å²) in [5.74, 6) is -1.78. The highest BCUT2D eigenvalue weighted by Gasteiger charge is 2.36. The summed E-state index contributed by atoms with van der Waals surface area (Å²) in [4.78, 5) is 36.0. The fourth-order valence-corrected chi connectivity index (χ4v) is 2.53. The van der Waals surface area contributed by atoms with Crippen molar-refractivity contribution in [3.05, 3.63) is 40.6 Å². The summed E-state index contributed by atoms with van der Waals surface area (Å²) in [5.41, 5.74) is 0.208. The van der Waals surface area contributed by atoms with Crippen LogP contribution in [0.3, 0.4) is 0 Å². The molecular formula is C14H12FNO4S. The second-order valence-electron chi connectivity index (χ2n) is 4.09. The average molecular weight is 309 g/mol. The quantitative estimate of drug-likeness (QED) is 0.631. The lowest BCUT2D eigenvalue weighted by molar-refractivity contribution is -0.145. The van der Waals surface area contributed by atoms with E-state index in [1.54, 1.807) is 13.0 Å². The molecule has 0 saturated carbocycles. The Morgan fingerprint density at radius 3 is 2.76 bits per heavy atom. The minimum atomic E-state index is -0.660. The van der Waals surface area contributed by atoms with Crippen molar-refractivity contribution >= 4 is 35.0 Å². The largest absolute Gasteiger partial charge is 0.465 e. The van der Waals surface area contributed by atoms with Crippen LogP contribution >= 0.6 is 11.8 Å². The average Bonchev–Trinajstić information content (AvgIpc) is 2.69. The fraction of sp³-hybridized carbons (Fsp3) is 0.214. The number of carbonyl (C=O) groups is 3. The van der Waals surface area contributed by atoms with Crippen LogP contribution in [0, 0.1) is 5.82 Å². The number of imide groups is 1. The van der Waals surface area contributed by atoms with Gasteiger partial charge in [-0.1, -0.05) is 18.2 Å². The Morgan fingerprint density at radius 1 is 1.38 bits per heavy atom. The molecule has 110 valence electrons. The van der Waals surface area contributed by atoms with E-state index in [1.165, 1.54) is 24.3 Å². The molecule has 1 aromatic carbocycles. The lowest BCUT2D eigenvalue weighted by Gasteiger charge is -2.10. The number of rotatable bonds is 4. The number of benzene rings is 1. The first kappa shape index (κ1) is 15.2. The summed E-state index contributed by atoms with van der Waals surface area (Å²) in [5, 5.41) is -0.573. The number of halogens is 1. The van der Waals surface area contributed by atoms with Gasteiger partial charge in [0.1, 0.15) is 12.4 Å². The maximum Gasteiger partial charge on any atom is 0.326 e. The van der Waals surface area contributed by atoms with Crippen LogP contribution in [0.5, 0.6) is 0 Å². The Bertz CT molecular complexity index is 629. The third kappa shape index (κ3) is 3.49. The van der Waals surface area contributed by atoms with E-state index in [2.05, 4.69) is 0 Å². The molecule has 2 rings (SSSR count). The van der Waals surface area contributed by atoms with Gasteiger partial charge in [-0.25, -0.2) is 4.39 Å². The van der Waals surface area contributed by atoms with Crippen molar-refractivity contribution in [1.82, 2.24) is 4.90 Å². The Kier molecular flexibility index (Phi) is 4.74. The highest BCUT2D eigenvalue weighted by molar-refractivity contribution is 8.18.